The van der Waals surface area contributed by atoms with Crippen LogP contribution in [-0.4, -0.2) is 36.8 Å². The fourth-order valence-corrected chi connectivity index (χ4v) is 3.97. The van der Waals surface area contributed by atoms with Crippen LogP contribution < -0.4 is 20.7 Å². The van der Waals surface area contributed by atoms with Crippen molar-refractivity contribution in [2.24, 2.45) is 4.99 Å². The number of benzene rings is 2. The molecule has 10 nitrogen and oxygen atoms in total. The normalized spacial score (nSPS) is 11.5. The number of ether oxygens (including phenoxy) is 1. The van der Waals surface area contributed by atoms with Crippen molar-refractivity contribution in [1.29, 1.82) is 0 Å². The third kappa shape index (κ3) is 4.41. The molecule has 0 fully saturated rings. The van der Waals surface area contributed by atoms with Gasteiger partial charge in [0.2, 0.25) is 5.88 Å². The highest BCUT2D eigenvalue weighted by Gasteiger charge is 2.19. The number of aromatic amines is 2. The highest BCUT2D eigenvalue weighted by molar-refractivity contribution is 7.92. The van der Waals surface area contributed by atoms with E-state index in [0.29, 0.717) is 11.3 Å². The van der Waals surface area contributed by atoms with Crippen LogP contribution in [0.25, 0.3) is 0 Å². The van der Waals surface area contributed by atoms with Gasteiger partial charge in [0.1, 0.15) is 11.3 Å². The van der Waals surface area contributed by atoms with E-state index in [2.05, 4.69) is 9.71 Å². The Morgan fingerprint density at radius 3 is 2.57 bits per heavy atom. The van der Waals surface area contributed by atoms with Crippen molar-refractivity contribution in [3.8, 4) is 11.6 Å². The van der Waals surface area contributed by atoms with Gasteiger partial charge in [-0.3, -0.25) is 24.5 Å². The predicted molar refractivity (Wildman–Crippen MR) is 112 cm³/mol. The summed E-state index contributed by atoms with van der Waals surface area (Å²) in [6.45, 7) is 1.63. The molecule has 0 aliphatic rings. The van der Waals surface area contributed by atoms with Gasteiger partial charge in [-0.2, -0.15) is 0 Å². The van der Waals surface area contributed by atoms with E-state index in [1.807, 2.05) is 9.97 Å². The molecule has 11 heteroatoms. The number of methoxy groups -OCH3 is 1. The van der Waals surface area contributed by atoms with Crippen molar-refractivity contribution in [3.05, 3.63) is 74.4 Å². The zero-order valence-corrected chi connectivity index (χ0v) is 16.8. The Bertz CT molecular complexity index is 1340. The van der Waals surface area contributed by atoms with Gasteiger partial charge in [0.05, 0.1) is 23.4 Å². The first-order chi connectivity index (χ1) is 14.2. The minimum absolute atomic E-state index is 0.0253. The third-order valence-electron chi connectivity index (χ3n) is 4.11. The molecule has 156 valence electrons. The van der Waals surface area contributed by atoms with Crippen LogP contribution in [0.4, 0.5) is 11.4 Å². The summed E-state index contributed by atoms with van der Waals surface area (Å²) < 4.78 is 33.5. The number of aromatic nitrogens is 2. The van der Waals surface area contributed by atoms with Gasteiger partial charge in [-0.25, -0.2) is 13.2 Å². The number of hydrogen-bond donors (Lipinski definition) is 4. The molecule has 0 saturated carbocycles. The second-order valence-electron chi connectivity index (χ2n) is 6.18. The van der Waals surface area contributed by atoms with E-state index in [4.69, 9.17) is 4.74 Å². The number of nitrogens with one attached hydrogen (secondary N) is 3. The van der Waals surface area contributed by atoms with Crippen LogP contribution in [0.1, 0.15) is 11.1 Å². The van der Waals surface area contributed by atoms with E-state index in [0.717, 1.165) is 6.21 Å². The summed E-state index contributed by atoms with van der Waals surface area (Å²) in [5.74, 6) is -0.286. The van der Waals surface area contributed by atoms with Gasteiger partial charge >= 0.3 is 5.69 Å². The predicted octanol–water partition coefficient (Wildman–Crippen LogP) is 1.64. The van der Waals surface area contributed by atoms with Crippen LogP contribution in [0, 0.1) is 6.92 Å². The van der Waals surface area contributed by atoms with Crippen LogP contribution >= 0.6 is 0 Å². The Morgan fingerprint density at radius 2 is 1.87 bits per heavy atom. The summed E-state index contributed by atoms with van der Waals surface area (Å²) in [7, 11) is -2.54. The zero-order valence-electron chi connectivity index (χ0n) is 16.0. The molecular weight excluding hydrogens is 412 g/mol. The molecule has 30 heavy (non-hydrogen) atoms. The molecular formula is C19H18N4O6S. The average molecular weight is 430 g/mol. The van der Waals surface area contributed by atoms with E-state index in [1.165, 1.54) is 13.2 Å². The van der Waals surface area contributed by atoms with Gasteiger partial charge in [0.25, 0.3) is 15.6 Å². The number of aliphatic imine (C=N–C) groups is 1. The quantitative estimate of drug-likeness (QED) is 0.436. The zero-order chi connectivity index (χ0) is 21.9. The minimum Gasteiger partial charge on any atom is -0.495 e. The lowest BCUT2D eigenvalue weighted by Crippen LogP contribution is -2.24. The molecule has 0 aliphatic heterocycles. The van der Waals surface area contributed by atoms with Crippen molar-refractivity contribution < 1.29 is 18.3 Å². The Hall–Kier alpha value is -3.86. The lowest BCUT2D eigenvalue weighted by molar-refractivity contribution is 0.417. The molecule has 0 spiro atoms. The van der Waals surface area contributed by atoms with Crippen molar-refractivity contribution in [2.75, 3.05) is 11.8 Å². The molecule has 0 unspecified atom stereocenters. The molecule has 4 N–H and O–H groups in total. The number of nitrogens with zero attached hydrogens (tertiary/aromatic N) is 1. The van der Waals surface area contributed by atoms with Gasteiger partial charge in [0, 0.05) is 6.21 Å². The number of aryl methyl sites for hydroxylation is 1. The second kappa shape index (κ2) is 8.25. The molecule has 1 aromatic heterocycles. The smallest absolute Gasteiger partial charge is 0.328 e. The van der Waals surface area contributed by atoms with Crippen LogP contribution in [0.3, 0.4) is 0 Å². The number of rotatable bonds is 6. The standard InChI is InChI=1S/C19H18N4O6S/c1-11-7-8-12(20-10-13-17(24)21-19(26)22-18(13)25)9-16(11)30(27,28)23-14-5-3-4-6-15(14)29-2/h3-10,23H,1-2H3,(H3,21,22,24,25,26). The summed E-state index contributed by atoms with van der Waals surface area (Å²) in [5, 5.41) is 9.71. The number of anilines is 1. The first kappa shape index (κ1) is 20.9. The van der Waals surface area contributed by atoms with Crippen molar-refractivity contribution >= 4 is 27.6 Å². The summed E-state index contributed by atoms with van der Waals surface area (Å²) in [6, 6.07) is 11.0. The number of aromatic hydroxyl groups is 1. The van der Waals surface area contributed by atoms with E-state index in [1.54, 1.807) is 43.3 Å². The molecule has 1 heterocycles. The molecule has 0 atom stereocenters. The van der Waals surface area contributed by atoms with Gasteiger partial charge in [-0.1, -0.05) is 18.2 Å². The minimum atomic E-state index is -3.97. The van der Waals surface area contributed by atoms with Crippen molar-refractivity contribution in [2.45, 2.75) is 11.8 Å². The van der Waals surface area contributed by atoms with E-state index in [-0.39, 0.29) is 21.8 Å². The summed E-state index contributed by atoms with van der Waals surface area (Å²) in [5.41, 5.74) is -1.00. The van der Waals surface area contributed by atoms with Gasteiger partial charge in [0.15, 0.2) is 0 Å². The molecule has 0 saturated heterocycles. The Balaban J connectivity index is 1.97. The largest absolute Gasteiger partial charge is 0.495 e. The maximum atomic E-state index is 12.9. The summed E-state index contributed by atoms with van der Waals surface area (Å²) in [4.78, 5) is 30.9. The fourth-order valence-electron chi connectivity index (χ4n) is 2.63. The van der Waals surface area contributed by atoms with Crippen LogP contribution in [-0.2, 0) is 10.0 Å². The lowest BCUT2D eigenvalue weighted by atomic mass is 10.2. The number of hydrogen-bond acceptors (Lipinski definition) is 7. The number of sulfonamides is 1. The van der Waals surface area contributed by atoms with E-state index >= 15 is 0 Å². The van der Waals surface area contributed by atoms with Crippen molar-refractivity contribution in [1.82, 2.24) is 9.97 Å². The van der Waals surface area contributed by atoms with Crippen LogP contribution in [0.15, 0.2) is 61.9 Å². The molecule has 0 aliphatic carbocycles. The average Bonchev–Trinajstić information content (AvgIpc) is 2.68. The molecule has 0 amide bonds. The SMILES string of the molecule is COc1ccccc1NS(=O)(=O)c1cc(N=Cc2c(O)[nH]c(=O)[nH]c2=O)ccc1C. The summed E-state index contributed by atoms with van der Waals surface area (Å²) in [6.07, 6.45) is 1.03. The number of para-hydroxylation sites is 2. The van der Waals surface area contributed by atoms with E-state index < -0.39 is 27.2 Å². The number of H-pyrrole nitrogens is 2. The molecule has 0 bridgehead atoms. The van der Waals surface area contributed by atoms with E-state index in [9.17, 15) is 23.1 Å². The lowest BCUT2D eigenvalue weighted by Gasteiger charge is -2.13. The van der Waals surface area contributed by atoms with Gasteiger partial charge in [-0.15, -0.1) is 0 Å². The molecule has 0 radical (unpaired) electrons. The Labute approximate surface area is 171 Å². The highest BCUT2D eigenvalue weighted by atomic mass is 32.2. The highest BCUT2D eigenvalue weighted by Crippen LogP contribution is 2.28. The monoisotopic (exact) mass is 430 g/mol. The topological polar surface area (TPSA) is 154 Å². The second-order valence-corrected chi connectivity index (χ2v) is 7.84. The first-order valence-electron chi connectivity index (χ1n) is 8.57. The van der Waals surface area contributed by atoms with Crippen LogP contribution in [0.2, 0.25) is 0 Å². The molecule has 3 aromatic rings. The molecule has 3 rings (SSSR count). The Morgan fingerprint density at radius 1 is 1.13 bits per heavy atom. The molecule has 2 aromatic carbocycles. The van der Waals surface area contributed by atoms with Gasteiger partial charge < -0.3 is 9.84 Å². The maximum Gasteiger partial charge on any atom is 0.328 e. The summed E-state index contributed by atoms with van der Waals surface area (Å²) >= 11 is 0. The maximum absolute atomic E-state index is 12.9. The van der Waals surface area contributed by atoms with Gasteiger partial charge in [-0.05, 0) is 36.8 Å². The Kier molecular flexibility index (Phi) is 5.74. The fraction of sp³-hybridized carbons (Fsp3) is 0.105. The third-order valence-corrected chi connectivity index (χ3v) is 5.62. The van der Waals surface area contributed by atoms with Crippen molar-refractivity contribution in [3.63, 3.8) is 0 Å². The first-order valence-corrected chi connectivity index (χ1v) is 10.1. The van der Waals surface area contributed by atoms with Crippen LogP contribution in [0.5, 0.6) is 11.6 Å².